The molecule has 0 spiro atoms. The molecule has 4 rings (SSSR count). The largest absolute Gasteiger partial charge is 0.322 e. The number of para-hydroxylation sites is 1. The summed E-state index contributed by atoms with van der Waals surface area (Å²) in [6, 6.07) is 19.1. The van der Waals surface area contributed by atoms with Crippen LogP contribution in [0.5, 0.6) is 0 Å². The highest BCUT2D eigenvalue weighted by molar-refractivity contribution is 6.34. The average molecular weight is 479 g/mol. The Hall–Kier alpha value is -4.17. The Morgan fingerprint density at radius 1 is 0.912 bits per heavy atom. The minimum Gasteiger partial charge on any atom is -0.322 e. The molecule has 172 valence electrons. The minimum absolute atomic E-state index is 0.0272. The van der Waals surface area contributed by atoms with Gasteiger partial charge < -0.3 is 10.6 Å². The van der Waals surface area contributed by atoms with Gasteiger partial charge in [-0.1, -0.05) is 41.9 Å². The maximum atomic E-state index is 14.0. The number of halogens is 2. The first-order valence-corrected chi connectivity index (χ1v) is 10.7. The van der Waals surface area contributed by atoms with E-state index in [-0.39, 0.29) is 33.1 Å². The fourth-order valence-electron chi connectivity index (χ4n) is 3.54. The number of hydrogen-bond donors (Lipinski definition) is 2. The third-order valence-corrected chi connectivity index (χ3v) is 5.68. The second-order valence-electron chi connectivity index (χ2n) is 7.52. The SMILES string of the molecule is Cc1c(NC(=O)c2cccc(NC(=O)c3c(F)cccc3Cl)c2)c(=O)n(-c2ccccc2)n1C. The summed E-state index contributed by atoms with van der Waals surface area (Å²) < 4.78 is 17.2. The van der Waals surface area contributed by atoms with Crippen LogP contribution in [0.2, 0.25) is 5.02 Å². The van der Waals surface area contributed by atoms with Crippen LogP contribution in [0.4, 0.5) is 15.8 Å². The molecule has 0 atom stereocenters. The summed E-state index contributed by atoms with van der Waals surface area (Å²) in [6.45, 7) is 1.73. The number of anilines is 2. The van der Waals surface area contributed by atoms with Crippen LogP contribution in [0.25, 0.3) is 5.69 Å². The standard InChI is InChI=1S/C25H20ClFN4O3/c1-15-22(25(34)31(30(15)2)18-10-4-3-5-11-18)29-23(32)16-8-6-9-17(14-16)28-24(33)21-19(26)12-7-13-20(21)27/h3-14H,1-2H3,(H,28,33)(H,29,32). The van der Waals surface area contributed by atoms with Gasteiger partial charge in [-0.3, -0.25) is 19.1 Å². The van der Waals surface area contributed by atoms with Gasteiger partial charge >= 0.3 is 0 Å². The zero-order chi connectivity index (χ0) is 24.4. The second-order valence-corrected chi connectivity index (χ2v) is 7.93. The van der Waals surface area contributed by atoms with Crippen LogP contribution in [-0.4, -0.2) is 21.2 Å². The maximum absolute atomic E-state index is 14.0. The molecular formula is C25H20ClFN4O3. The Labute approximate surface area is 199 Å². The van der Waals surface area contributed by atoms with Crippen molar-refractivity contribution in [1.82, 2.24) is 9.36 Å². The van der Waals surface area contributed by atoms with Crippen molar-refractivity contribution in [2.45, 2.75) is 6.92 Å². The van der Waals surface area contributed by atoms with E-state index >= 15 is 0 Å². The fourth-order valence-corrected chi connectivity index (χ4v) is 3.79. The minimum atomic E-state index is -0.756. The van der Waals surface area contributed by atoms with Crippen LogP contribution in [0.15, 0.2) is 77.6 Å². The summed E-state index contributed by atoms with van der Waals surface area (Å²) in [6.07, 6.45) is 0. The van der Waals surface area contributed by atoms with Gasteiger partial charge in [-0.25, -0.2) is 9.07 Å². The third kappa shape index (κ3) is 4.35. The molecule has 0 aliphatic carbocycles. The predicted molar refractivity (Wildman–Crippen MR) is 130 cm³/mol. The zero-order valence-electron chi connectivity index (χ0n) is 18.3. The molecule has 0 aliphatic heterocycles. The van der Waals surface area contributed by atoms with Gasteiger partial charge in [0.1, 0.15) is 11.5 Å². The highest BCUT2D eigenvalue weighted by atomic mass is 35.5. The highest BCUT2D eigenvalue weighted by Crippen LogP contribution is 2.21. The van der Waals surface area contributed by atoms with Crippen molar-refractivity contribution >= 4 is 34.8 Å². The molecule has 3 aromatic carbocycles. The lowest BCUT2D eigenvalue weighted by atomic mass is 10.1. The van der Waals surface area contributed by atoms with Crippen molar-refractivity contribution < 1.29 is 14.0 Å². The van der Waals surface area contributed by atoms with Gasteiger partial charge in [0.2, 0.25) is 0 Å². The number of benzene rings is 3. The number of aromatic nitrogens is 2. The molecule has 9 heteroatoms. The van der Waals surface area contributed by atoms with E-state index in [9.17, 15) is 18.8 Å². The normalized spacial score (nSPS) is 10.7. The summed E-state index contributed by atoms with van der Waals surface area (Å²) in [7, 11) is 1.73. The molecule has 0 unspecified atom stereocenters. The van der Waals surface area contributed by atoms with Gasteiger partial charge in [-0.15, -0.1) is 0 Å². The zero-order valence-corrected chi connectivity index (χ0v) is 19.1. The van der Waals surface area contributed by atoms with Crippen LogP contribution < -0.4 is 16.2 Å². The maximum Gasteiger partial charge on any atom is 0.295 e. The van der Waals surface area contributed by atoms with E-state index < -0.39 is 17.6 Å². The average Bonchev–Trinajstić information content (AvgIpc) is 3.02. The summed E-state index contributed by atoms with van der Waals surface area (Å²) in [5.74, 6) is -2.04. The first kappa shape index (κ1) is 23.0. The van der Waals surface area contributed by atoms with E-state index in [2.05, 4.69) is 10.6 Å². The molecule has 0 bridgehead atoms. The molecule has 2 N–H and O–H groups in total. The predicted octanol–water partition coefficient (Wildman–Crippen LogP) is 4.78. The molecule has 0 radical (unpaired) electrons. The number of nitrogens with zero attached hydrogens (tertiary/aromatic N) is 2. The number of carbonyl (C=O) groups excluding carboxylic acids is 2. The van der Waals surface area contributed by atoms with Crippen LogP contribution in [0.3, 0.4) is 0 Å². The molecule has 1 aromatic heterocycles. The monoisotopic (exact) mass is 478 g/mol. The summed E-state index contributed by atoms with van der Waals surface area (Å²) in [5.41, 5.74) is 1.17. The van der Waals surface area contributed by atoms with Gasteiger partial charge in [-0.2, -0.15) is 0 Å². The van der Waals surface area contributed by atoms with E-state index in [0.717, 1.165) is 6.07 Å². The van der Waals surface area contributed by atoms with E-state index in [4.69, 9.17) is 11.6 Å². The second kappa shape index (κ2) is 9.36. The quantitative estimate of drug-likeness (QED) is 0.433. The molecule has 2 amide bonds. The Morgan fingerprint density at radius 3 is 2.32 bits per heavy atom. The molecule has 34 heavy (non-hydrogen) atoms. The number of carbonyl (C=O) groups is 2. The van der Waals surface area contributed by atoms with Gasteiger partial charge in [0.05, 0.1) is 22.0 Å². The topological polar surface area (TPSA) is 85.1 Å². The lowest BCUT2D eigenvalue weighted by molar-refractivity contribution is 0.101. The van der Waals surface area contributed by atoms with E-state index in [1.807, 2.05) is 18.2 Å². The van der Waals surface area contributed by atoms with Crippen molar-refractivity contribution in [3.63, 3.8) is 0 Å². The van der Waals surface area contributed by atoms with Crippen molar-refractivity contribution in [3.8, 4) is 5.69 Å². The van der Waals surface area contributed by atoms with Gasteiger partial charge in [-0.05, 0) is 49.4 Å². The van der Waals surface area contributed by atoms with Crippen molar-refractivity contribution in [2.24, 2.45) is 7.05 Å². The highest BCUT2D eigenvalue weighted by Gasteiger charge is 2.20. The molecule has 0 saturated heterocycles. The Balaban J connectivity index is 1.58. The van der Waals surface area contributed by atoms with Crippen LogP contribution in [-0.2, 0) is 7.05 Å². The van der Waals surface area contributed by atoms with Gasteiger partial charge in [0.15, 0.2) is 0 Å². The molecule has 4 aromatic rings. The lowest BCUT2D eigenvalue weighted by Gasteiger charge is -2.09. The molecule has 7 nitrogen and oxygen atoms in total. The fraction of sp³-hybridized carbons (Fsp3) is 0.0800. The van der Waals surface area contributed by atoms with Crippen LogP contribution in [0.1, 0.15) is 26.4 Å². The summed E-state index contributed by atoms with van der Waals surface area (Å²) in [5, 5.41) is 5.19. The number of hydrogen-bond acceptors (Lipinski definition) is 3. The van der Waals surface area contributed by atoms with Gasteiger partial charge in [0.25, 0.3) is 17.4 Å². The Morgan fingerprint density at radius 2 is 1.62 bits per heavy atom. The van der Waals surface area contributed by atoms with E-state index in [1.54, 1.807) is 42.9 Å². The molecule has 0 aliphatic rings. The van der Waals surface area contributed by atoms with Crippen molar-refractivity contribution in [1.29, 1.82) is 0 Å². The van der Waals surface area contributed by atoms with Crippen molar-refractivity contribution in [2.75, 3.05) is 10.6 Å². The Kier molecular flexibility index (Phi) is 6.34. The lowest BCUT2D eigenvalue weighted by Crippen LogP contribution is -2.23. The number of nitrogens with one attached hydrogen (secondary N) is 2. The third-order valence-electron chi connectivity index (χ3n) is 5.37. The summed E-state index contributed by atoms with van der Waals surface area (Å²) in [4.78, 5) is 38.5. The molecule has 0 saturated carbocycles. The first-order chi connectivity index (χ1) is 16.3. The molecule has 0 fully saturated rings. The van der Waals surface area contributed by atoms with E-state index in [0.29, 0.717) is 11.4 Å². The smallest absolute Gasteiger partial charge is 0.295 e. The van der Waals surface area contributed by atoms with Crippen LogP contribution in [0, 0.1) is 12.7 Å². The number of rotatable bonds is 5. The van der Waals surface area contributed by atoms with E-state index in [1.165, 1.54) is 28.9 Å². The van der Waals surface area contributed by atoms with Crippen molar-refractivity contribution in [3.05, 3.63) is 111 Å². The van der Waals surface area contributed by atoms with Crippen LogP contribution >= 0.6 is 11.6 Å². The Bertz CT molecular complexity index is 1440. The van der Waals surface area contributed by atoms with Gasteiger partial charge in [0, 0.05) is 18.3 Å². The number of amides is 2. The molecule has 1 heterocycles. The summed E-state index contributed by atoms with van der Waals surface area (Å²) >= 11 is 5.95. The molecular weight excluding hydrogens is 459 g/mol. The first-order valence-electron chi connectivity index (χ1n) is 10.3.